The number of aryl methyl sites for hydroxylation is 1. The zero-order valence-electron chi connectivity index (χ0n) is 7.38. The van der Waals surface area contributed by atoms with Gasteiger partial charge in [0, 0.05) is 11.9 Å². The third-order valence-corrected chi connectivity index (χ3v) is 2.57. The molecular weight excluding hydrogens is 188 g/mol. The van der Waals surface area contributed by atoms with Crippen LogP contribution in [0.2, 0.25) is 0 Å². The minimum Gasteiger partial charge on any atom is -0.387 e. The average molecular weight is 198 g/mol. The molecule has 1 heterocycles. The van der Waals surface area contributed by atoms with Gasteiger partial charge in [0.05, 0.1) is 5.69 Å². The van der Waals surface area contributed by atoms with Crippen LogP contribution in [-0.2, 0) is 4.79 Å². The Balaban J connectivity index is 2.97. The highest BCUT2D eigenvalue weighted by molar-refractivity contribution is 7.14. The van der Waals surface area contributed by atoms with E-state index in [1.54, 1.807) is 7.05 Å². The van der Waals surface area contributed by atoms with Crippen molar-refractivity contribution in [2.75, 3.05) is 12.4 Å². The first kappa shape index (κ1) is 9.73. The van der Waals surface area contributed by atoms with Gasteiger partial charge in [0.15, 0.2) is 0 Å². The Morgan fingerprint density at radius 3 is 2.85 bits per heavy atom. The number of imide groups is 1. The van der Waals surface area contributed by atoms with Gasteiger partial charge < -0.3 is 5.32 Å². The van der Waals surface area contributed by atoms with Crippen molar-refractivity contribution in [3.05, 3.63) is 15.8 Å². The molecule has 70 valence electrons. The third-order valence-electron chi connectivity index (χ3n) is 1.52. The van der Waals surface area contributed by atoms with E-state index in [2.05, 4.69) is 10.6 Å². The van der Waals surface area contributed by atoms with Crippen molar-refractivity contribution in [3.63, 3.8) is 0 Å². The molecule has 0 fully saturated rings. The Morgan fingerprint density at radius 2 is 2.31 bits per heavy atom. The number of carbonyl (C=O) groups excluding carboxylic acids is 2. The molecule has 1 rings (SSSR count). The van der Waals surface area contributed by atoms with Gasteiger partial charge in [-0.15, -0.1) is 11.3 Å². The van der Waals surface area contributed by atoms with Gasteiger partial charge in [0.2, 0.25) is 6.41 Å². The zero-order chi connectivity index (χ0) is 9.84. The fraction of sp³-hybridized carbons (Fsp3) is 0.250. The van der Waals surface area contributed by atoms with Crippen molar-refractivity contribution in [1.82, 2.24) is 5.32 Å². The number of hydrogen-bond acceptors (Lipinski definition) is 4. The number of rotatable bonds is 3. The summed E-state index contributed by atoms with van der Waals surface area (Å²) in [5.41, 5.74) is 0.752. The van der Waals surface area contributed by atoms with Crippen molar-refractivity contribution in [1.29, 1.82) is 0 Å². The molecule has 0 aliphatic rings. The molecule has 4 nitrogen and oxygen atoms in total. The highest BCUT2D eigenvalue weighted by Crippen LogP contribution is 2.25. The molecule has 0 atom stereocenters. The molecule has 0 aliphatic heterocycles. The molecule has 0 unspecified atom stereocenters. The number of anilines is 1. The Bertz CT molecular complexity index is 333. The van der Waals surface area contributed by atoms with Crippen molar-refractivity contribution in [2.45, 2.75) is 6.92 Å². The summed E-state index contributed by atoms with van der Waals surface area (Å²) in [5, 5.41) is 4.99. The Hall–Kier alpha value is -1.36. The van der Waals surface area contributed by atoms with Crippen LogP contribution in [0.1, 0.15) is 14.5 Å². The van der Waals surface area contributed by atoms with Crippen LogP contribution in [0.5, 0.6) is 0 Å². The van der Waals surface area contributed by atoms with E-state index in [9.17, 15) is 9.59 Å². The molecule has 13 heavy (non-hydrogen) atoms. The lowest BCUT2D eigenvalue weighted by Gasteiger charge is -1.99. The molecular formula is C8H10N2O2S. The smallest absolute Gasteiger partial charge is 0.269 e. The monoisotopic (exact) mass is 198 g/mol. The fourth-order valence-electron chi connectivity index (χ4n) is 0.988. The first-order valence-electron chi connectivity index (χ1n) is 3.71. The maximum absolute atomic E-state index is 11.3. The summed E-state index contributed by atoms with van der Waals surface area (Å²) >= 11 is 1.35. The van der Waals surface area contributed by atoms with Crippen molar-refractivity contribution in [3.8, 4) is 0 Å². The highest BCUT2D eigenvalue weighted by Gasteiger charge is 2.12. The Kier molecular flexibility index (Phi) is 3.02. The average Bonchev–Trinajstić information content (AvgIpc) is 2.47. The van der Waals surface area contributed by atoms with Crippen molar-refractivity contribution < 1.29 is 9.59 Å². The topological polar surface area (TPSA) is 58.2 Å². The molecule has 2 N–H and O–H groups in total. The SMILES string of the molecule is CNc1cc(C)sc1C(=O)NC=O. The predicted molar refractivity (Wildman–Crippen MR) is 52.1 cm³/mol. The second-order valence-electron chi connectivity index (χ2n) is 2.44. The quantitative estimate of drug-likeness (QED) is 0.712. The first-order valence-corrected chi connectivity index (χ1v) is 4.53. The number of thiophene rings is 1. The normalized spacial score (nSPS) is 9.38. The number of nitrogens with one attached hydrogen (secondary N) is 2. The van der Waals surface area contributed by atoms with Gasteiger partial charge in [-0.3, -0.25) is 14.9 Å². The van der Waals surface area contributed by atoms with E-state index in [0.29, 0.717) is 11.3 Å². The van der Waals surface area contributed by atoms with E-state index in [1.807, 2.05) is 13.0 Å². The first-order chi connectivity index (χ1) is 6.19. The molecule has 0 bridgehead atoms. The van der Waals surface area contributed by atoms with E-state index in [1.165, 1.54) is 11.3 Å². The standard InChI is InChI=1S/C8H10N2O2S/c1-5-3-6(9-2)7(13-5)8(12)10-4-11/h3-4,9H,1-2H3,(H,10,11,12). The molecule has 1 aromatic rings. The van der Waals surface area contributed by atoms with Crippen LogP contribution < -0.4 is 10.6 Å². The summed E-state index contributed by atoms with van der Waals surface area (Å²) in [6.07, 6.45) is 0.386. The maximum Gasteiger partial charge on any atom is 0.269 e. The molecule has 0 radical (unpaired) electrons. The zero-order valence-corrected chi connectivity index (χ0v) is 8.20. The second-order valence-corrected chi connectivity index (χ2v) is 3.70. The van der Waals surface area contributed by atoms with Crippen LogP contribution in [0, 0.1) is 6.92 Å². The van der Waals surface area contributed by atoms with Gasteiger partial charge in [-0.2, -0.15) is 0 Å². The molecule has 0 saturated heterocycles. The summed E-state index contributed by atoms with van der Waals surface area (Å²) in [5.74, 6) is -0.363. The summed E-state index contributed by atoms with van der Waals surface area (Å²) in [6, 6.07) is 1.87. The van der Waals surface area contributed by atoms with Crippen LogP contribution in [0.25, 0.3) is 0 Å². The van der Waals surface area contributed by atoms with E-state index < -0.39 is 0 Å². The van der Waals surface area contributed by atoms with E-state index in [4.69, 9.17) is 0 Å². The number of carbonyl (C=O) groups is 2. The summed E-state index contributed by atoms with van der Waals surface area (Å²) in [6.45, 7) is 1.91. The molecule has 0 aromatic carbocycles. The summed E-state index contributed by atoms with van der Waals surface area (Å²) in [7, 11) is 1.74. The molecule has 5 heteroatoms. The van der Waals surface area contributed by atoms with E-state index >= 15 is 0 Å². The van der Waals surface area contributed by atoms with Gasteiger partial charge in [-0.05, 0) is 13.0 Å². The van der Waals surface area contributed by atoms with Crippen molar-refractivity contribution in [2.24, 2.45) is 0 Å². The van der Waals surface area contributed by atoms with E-state index in [0.717, 1.165) is 10.6 Å². The largest absolute Gasteiger partial charge is 0.387 e. The van der Waals surface area contributed by atoms with Gasteiger partial charge in [-0.25, -0.2) is 0 Å². The lowest BCUT2D eigenvalue weighted by atomic mass is 10.3. The molecule has 1 aromatic heterocycles. The number of amides is 2. The van der Waals surface area contributed by atoms with Gasteiger partial charge in [0.25, 0.3) is 5.91 Å². The predicted octanol–water partition coefficient (Wildman–Crippen LogP) is 0.984. The highest BCUT2D eigenvalue weighted by atomic mass is 32.1. The van der Waals surface area contributed by atoms with Gasteiger partial charge >= 0.3 is 0 Å². The molecule has 0 saturated carbocycles. The Labute approximate surface area is 80.0 Å². The lowest BCUT2D eigenvalue weighted by molar-refractivity contribution is -0.108. The van der Waals surface area contributed by atoms with Gasteiger partial charge in [-0.1, -0.05) is 0 Å². The Morgan fingerprint density at radius 1 is 1.62 bits per heavy atom. The minimum atomic E-state index is -0.363. The van der Waals surface area contributed by atoms with Crippen molar-refractivity contribution >= 4 is 29.3 Å². The number of hydrogen-bond donors (Lipinski definition) is 2. The maximum atomic E-state index is 11.3. The third kappa shape index (κ3) is 2.06. The molecule has 0 spiro atoms. The summed E-state index contributed by atoms with van der Waals surface area (Å²) in [4.78, 5) is 22.9. The second kappa shape index (κ2) is 4.04. The van der Waals surface area contributed by atoms with Crippen LogP contribution in [0.4, 0.5) is 5.69 Å². The summed E-state index contributed by atoms with van der Waals surface area (Å²) < 4.78 is 0. The van der Waals surface area contributed by atoms with Gasteiger partial charge in [0.1, 0.15) is 4.88 Å². The van der Waals surface area contributed by atoms with Crippen LogP contribution in [-0.4, -0.2) is 19.4 Å². The van der Waals surface area contributed by atoms with Crippen LogP contribution >= 0.6 is 11.3 Å². The fourth-order valence-corrected chi connectivity index (χ4v) is 1.91. The molecule has 0 aliphatic carbocycles. The van der Waals surface area contributed by atoms with Crippen LogP contribution in [0.3, 0.4) is 0 Å². The van der Waals surface area contributed by atoms with Crippen LogP contribution in [0.15, 0.2) is 6.07 Å². The minimum absolute atomic E-state index is 0.363. The van der Waals surface area contributed by atoms with E-state index in [-0.39, 0.29) is 5.91 Å². The lowest BCUT2D eigenvalue weighted by Crippen LogP contribution is -2.20. The molecule has 2 amide bonds.